The van der Waals surface area contributed by atoms with E-state index < -0.39 is 5.54 Å². The highest BCUT2D eigenvalue weighted by molar-refractivity contribution is 5.80. The Morgan fingerprint density at radius 1 is 1.35 bits per heavy atom. The molecule has 4 heteroatoms. The lowest BCUT2D eigenvalue weighted by Crippen LogP contribution is -2.58. The maximum Gasteiger partial charge on any atom is 0.327 e. The first-order chi connectivity index (χ1) is 9.35. The number of ether oxygens (including phenoxy) is 1. The van der Waals surface area contributed by atoms with Crippen LogP contribution in [0.5, 0.6) is 0 Å². The van der Waals surface area contributed by atoms with Crippen LogP contribution in [0.25, 0.3) is 0 Å². The van der Waals surface area contributed by atoms with Crippen LogP contribution in [-0.4, -0.2) is 49.2 Å². The number of carbonyl (C=O) groups excluding carboxylic acids is 1. The molecule has 1 saturated carbocycles. The van der Waals surface area contributed by atoms with Crippen molar-refractivity contribution < 1.29 is 9.53 Å². The van der Waals surface area contributed by atoms with Gasteiger partial charge in [-0.15, -0.1) is 0 Å². The third kappa shape index (κ3) is 4.19. The van der Waals surface area contributed by atoms with Crippen molar-refractivity contribution in [3.63, 3.8) is 0 Å². The van der Waals surface area contributed by atoms with Crippen LogP contribution in [0.1, 0.15) is 52.9 Å². The van der Waals surface area contributed by atoms with Gasteiger partial charge in [0.05, 0.1) is 7.11 Å². The molecule has 2 rings (SSSR count). The van der Waals surface area contributed by atoms with Crippen LogP contribution in [0, 0.1) is 5.41 Å². The Bertz CT molecular complexity index is 352. The summed E-state index contributed by atoms with van der Waals surface area (Å²) in [5, 5.41) is 3.49. The molecule has 20 heavy (non-hydrogen) atoms. The summed E-state index contributed by atoms with van der Waals surface area (Å²) in [7, 11) is 1.49. The van der Waals surface area contributed by atoms with Crippen molar-refractivity contribution in [3.8, 4) is 0 Å². The van der Waals surface area contributed by atoms with Crippen LogP contribution >= 0.6 is 0 Å². The van der Waals surface area contributed by atoms with Crippen LogP contribution in [0.15, 0.2) is 0 Å². The second-order valence-electron chi connectivity index (χ2n) is 7.54. The number of nitrogens with zero attached hydrogens (tertiary/aromatic N) is 1. The Morgan fingerprint density at radius 2 is 2.05 bits per heavy atom. The van der Waals surface area contributed by atoms with Crippen molar-refractivity contribution in [2.45, 2.75) is 64.5 Å². The van der Waals surface area contributed by atoms with E-state index in [2.05, 4.69) is 24.1 Å². The summed E-state index contributed by atoms with van der Waals surface area (Å²) in [5.74, 6) is -0.132. The molecule has 0 bridgehead atoms. The number of rotatable bonds is 5. The van der Waals surface area contributed by atoms with Gasteiger partial charge < -0.3 is 9.64 Å². The summed E-state index contributed by atoms with van der Waals surface area (Å²) in [6, 6.07) is 0.502. The molecule has 4 nitrogen and oxygen atoms in total. The zero-order valence-corrected chi connectivity index (χ0v) is 13.5. The summed E-state index contributed by atoms with van der Waals surface area (Å²) in [6.45, 7) is 9.60. The van der Waals surface area contributed by atoms with E-state index in [0.29, 0.717) is 11.5 Å². The standard InChI is InChI=1S/C16H30N2O2/c1-15(2)8-5-10-18(11-9-15)12-16(3,14(19)20-4)17-13-6-7-13/h13,17H,5-12H2,1-4H3. The van der Waals surface area contributed by atoms with E-state index in [1.165, 1.54) is 39.2 Å². The second kappa shape index (κ2) is 6.02. The lowest BCUT2D eigenvalue weighted by molar-refractivity contribution is -0.148. The molecule has 1 atom stereocenters. The van der Waals surface area contributed by atoms with Crippen molar-refractivity contribution in [2.24, 2.45) is 5.41 Å². The fourth-order valence-electron chi connectivity index (χ4n) is 3.16. The third-order valence-corrected chi connectivity index (χ3v) is 4.71. The fourth-order valence-corrected chi connectivity index (χ4v) is 3.16. The lowest BCUT2D eigenvalue weighted by atomic mass is 9.85. The Kier molecular flexibility index (Phi) is 4.75. The highest BCUT2D eigenvalue weighted by Crippen LogP contribution is 2.31. The van der Waals surface area contributed by atoms with Gasteiger partial charge in [-0.2, -0.15) is 0 Å². The Hall–Kier alpha value is -0.610. The number of hydrogen-bond donors (Lipinski definition) is 1. The fraction of sp³-hybridized carbons (Fsp3) is 0.938. The van der Waals surface area contributed by atoms with E-state index in [-0.39, 0.29) is 5.97 Å². The molecule has 0 aromatic carbocycles. The van der Waals surface area contributed by atoms with Crippen LogP contribution in [0.2, 0.25) is 0 Å². The van der Waals surface area contributed by atoms with Gasteiger partial charge in [0.25, 0.3) is 0 Å². The Morgan fingerprint density at radius 3 is 2.65 bits per heavy atom. The van der Waals surface area contributed by atoms with Crippen molar-refractivity contribution in [1.82, 2.24) is 10.2 Å². The highest BCUT2D eigenvalue weighted by atomic mass is 16.5. The predicted octanol–water partition coefficient (Wildman–Crippen LogP) is 2.18. The first-order valence-corrected chi connectivity index (χ1v) is 7.93. The summed E-state index contributed by atoms with van der Waals surface area (Å²) in [5.41, 5.74) is -0.134. The molecule has 2 fully saturated rings. The second-order valence-corrected chi connectivity index (χ2v) is 7.54. The molecule has 0 spiro atoms. The minimum Gasteiger partial charge on any atom is -0.468 e. The zero-order valence-electron chi connectivity index (χ0n) is 13.5. The molecule has 0 aromatic heterocycles. The average Bonchev–Trinajstić information content (AvgIpc) is 3.18. The highest BCUT2D eigenvalue weighted by Gasteiger charge is 2.41. The third-order valence-electron chi connectivity index (χ3n) is 4.71. The van der Waals surface area contributed by atoms with Gasteiger partial charge in [-0.05, 0) is 57.5 Å². The average molecular weight is 282 g/mol. The molecule has 0 amide bonds. The van der Waals surface area contributed by atoms with Crippen LogP contribution in [-0.2, 0) is 9.53 Å². The molecule has 1 N–H and O–H groups in total. The van der Waals surface area contributed by atoms with E-state index >= 15 is 0 Å². The number of methoxy groups -OCH3 is 1. The van der Waals surface area contributed by atoms with E-state index in [0.717, 1.165) is 19.6 Å². The normalized spacial score (nSPS) is 26.6. The molecule has 0 radical (unpaired) electrons. The van der Waals surface area contributed by atoms with Gasteiger partial charge in [-0.3, -0.25) is 10.1 Å². The van der Waals surface area contributed by atoms with Gasteiger partial charge in [-0.1, -0.05) is 13.8 Å². The van der Waals surface area contributed by atoms with E-state index in [1.807, 2.05) is 6.92 Å². The maximum atomic E-state index is 12.2. The van der Waals surface area contributed by atoms with Crippen molar-refractivity contribution in [2.75, 3.05) is 26.7 Å². The van der Waals surface area contributed by atoms with Gasteiger partial charge in [0.1, 0.15) is 5.54 Å². The van der Waals surface area contributed by atoms with Crippen molar-refractivity contribution in [3.05, 3.63) is 0 Å². The summed E-state index contributed by atoms with van der Waals surface area (Å²) in [6.07, 6.45) is 6.05. The van der Waals surface area contributed by atoms with Crippen LogP contribution in [0.4, 0.5) is 0 Å². The smallest absolute Gasteiger partial charge is 0.327 e. The minimum atomic E-state index is -0.565. The van der Waals surface area contributed by atoms with Gasteiger partial charge >= 0.3 is 5.97 Å². The SMILES string of the molecule is COC(=O)C(C)(CN1CCCC(C)(C)CC1)NC1CC1. The number of esters is 1. The minimum absolute atomic E-state index is 0.132. The van der Waals surface area contributed by atoms with E-state index in [1.54, 1.807) is 0 Å². The first kappa shape index (κ1) is 15.8. The molecule has 116 valence electrons. The molecule has 1 saturated heterocycles. The number of hydrogen-bond acceptors (Lipinski definition) is 4. The maximum absolute atomic E-state index is 12.2. The molecular formula is C16H30N2O2. The van der Waals surface area contributed by atoms with Crippen LogP contribution < -0.4 is 5.32 Å². The van der Waals surface area contributed by atoms with Crippen molar-refractivity contribution >= 4 is 5.97 Å². The van der Waals surface area contributed by atoms with Crippen molar-refractivity contribution in [1.29, 1.82) is 0 Å². The summed E-state index contributed by atoms with van der Waals surface area (Å²) in [4.78, 5) is 14.6. The quantitative estimate of drug-likeness (QED) is 0.785. The number of carbonyl (C=O) groups is 1. The van der Waals surface area contributed by atoms with Gasteiger partial charge in [0, 0.05) is 12.6 Å². The molecule has 2 aliphatic rings. The molecule has 1 heterocycles. The lowest BCUT2D eigenvalue weighted by Gasteiger charge is -2.34. The molecule has 0 aromatic rings. The van der Waals surface area contributed by atoms with E-state index in [9.17, 15) is 4.79 Å². The number of likely N-dealkylation sites (tertiary alicyclic amines) is 1. The Labute approximate surface area is 123 Å². The largest absolute Gasteiger partial charge is 0.468 e. The van der Waals surface area contributed by atoms with Gasteiger partial charge in [0.2, 0.25) is 0 Å². The van der Waals surface area contributed by atoms with Crippen LogP contribution in [0.3, 0.4) is 0 Å². The summed E-state index contributed by atoms with van der Waals surface area (Å²) < 4.78 is 5.03. The van der Waals surface area contributed by atoms with E-state index in [4.69, 9.17) is 4.74 Å². The Balaban J connectivity index is 1.97. The zero-order chi connectivity index (χ0) is 14.8. The van der Waals surface area contributed by atoms with Gasteiger partial charge in [0.15, 0.2) is 0 Å². The number of nitrogens with one attached hydrogen (secondary N) is 1. The first-order valence-electron chi connectivity index (χ1n) is 7.93. The molecule has 1 unspecified atom stereocenters. The summed E-state index contributed by atoms with van der Waals surface area (Å²) >= 11 is 0. The molecule has 1 aliphatic heterocycles. The topological polar surface area (TPSA) is 41.6 Å². The molecule has 1 aliphatic carbocycles. The van der Waals surface area contributed by atoms with Gasteiger partial charge in [-0.25, -0.2) is 0 Å². The monoisotopic (exact) mass is 282 g/mol. The predicted molar refractivity (Wildman–Crippen MR) is 80.7 cm³/mol. The molecular weight excluding hydrogens is 252 g/mol.